The summed E-state index contributed by atoms with van der Waals surface area (Å²) in [6.45, 7) is -0.456. The van der Waals surface area contributed by atoms with Gasteiger partial charge in [0.1, 0.15) is 5.82 Å². The number of aliphatic hydroxyl groups excluding tert-OH is 1. The molecule has 2 aromatic rings. The number of aliphatic hydroxyl groups is 1. The van der Waals surface area contributed by atoms with E-state index < -0.39 is 22.4 Å². The summed E-state index contributed by atoms with van der Waals surface area (Å²) in [5.41, 5.74) is 0.784. The van der Waals surface area contributed by atoms with Crippen LogP contribution in [0.1, 0.15) is 11.1 Å². The van der Waals surface area contributed by atoms with E-state index in [0.717, 1.165) is 12.1 Å². The first-order valence-corrected chi connectivity index (χ1v) is 6.91. The number of rotatable bonds is 5. The van der Waals surface area contributed by atoms with E-state index in [0.29, 0.717) is 5.56 Å². The Bertz CT molecular complexity index is 652. The molecule has 0 aliphatic rings. The van der Waals surface area contributed by atoms with Gasteiger partial charge >= 0.3 is 0 Å². The van der Waals surface area contributed by atoms with Gasteiger partial charge in [-0.15, -0.1) is 0 Å². The molecule has 0 fully saturated rings. The van der Waals surface area contributed by atoms with E-state index in [9.17, 15) is 12.8 Å². The van der Waals surface area contributed by atoms with Gasteiger partial charge < -0.3 is 9.52 Å². The Morgan fingerprint density at radius 1 is 1.32 bits per heavy atom. The van der Waals surface area contributed by atoms with Gasteiger partial charge in [0, 0.05) is 12.1 Å². The third-order valence-electron chi connectivity index (χ3n) is 2.54. The van der Waals surface area contributed by atoms with Gasteiger partial charge in [-0.1, -0.05) is 6.07 Å². The topological polar surface area (TPSA) is 79.5 Å². The Kier molecular flexibility index (Phi) is 3.98. The standard InChI is InChI=1S/C12H12FNO4S/c13-11-2-1-10(7-15)12(5-11)19(16,17)14-6-9-3-4-18-8-9/h1-5,8,14-15H,6-7H2. The molecular weight excluding hydrogens is 273 g/mol. The van der Waals surface area contributed by atoms with Gasteiger partial charge in [-0.05, 0) is 23.8 Å². The molecule has 0 amide bonds. The Hall–Kier alpha value is -1.70. The Morgan fingerprint density at radius 2 is 2.11 bits per heavy atom. The van der Waals surface area contributed by atoms with Crippen molar-refractivity contribution in [1.29, 1.82) is 0 Å². The normalized spacial score (nSPS) is 11.7. The lowest BCUT2D eigenvalue weighted by molar-refractivity contribution is 0.278. The van der Waals surface area contributed by atoms with E-state index in [4.69, 9.17) is 9.52 Å². The van der Waals surface area contributed by atoms with Crippen molar-refractivity contribution in [2.45, 2.75) is 18.0 Å². The lowest BCUT2D eigenvalue weighted by atomic mass is 10.2. The molecule has 7 heteroatoms. The Balaban J connectivity index is 2.26. The van der Waals surface area contributed by atoms with Crippen LogP contribution in [0.25, 0.3) is 0 Å². The number of halogens is 1. The Morgan fingerprint density at radius 3 is 2.74 bits per heavy atom. The molecule has 19 heavy (non-hydrogen) atoms. The molecule has 0 bridgehead atoms. The first-order chi connectivity index (χ1) is 9.03. The van der Waals surface area contributed by atoms with Crippen LogP contribution in [0.5, 0.6) is 0 Å². The highest BCUT2D eigenvalue weighted by Gasteiger charge is 2.19. The molecule has 0 saturated heterocycles. The molecule has 102 valence electrons. The fourth-order valence-electron chi connectivity index (χ4n) is 1.56. The number of hydrogen-bond donors (Lipinski definition) is 2. The fourth-order valence-corrected chi connectivity index (χ4v) is 2.82. The zero-order valence-electron chi connectivity index (χ0n) is 9.84. The highest BCUT2D eigenvalue weighted by atomic mass is 32.2. The van der Waals surface area contributed by atoms with Crippen molar-refractivity contribution in [3.8, 4) is 0 Å². The first kappa shape index (κ1) is 13.7. The van der Waals surface area contributed by atoms with Crippen molar-refractivity contribution in [3.05, 3.63) is 53.7 Å². The lowest BCUT2D eigenvalue weighted by Crippen LogP contribution is -2.24. The summed E-state index contributed by atoms with van der Waals surface area (Å²) in [6.07, 6.45) is 2.83. The Labute approximate surface area is 109 Å². The summed E-state index contributed by atoms with van der Waals surface area (Å²) in [6, 6.07) is 4.83. The van der Waals surface area contributed by atoms with Crippen LogP contribution in [0.4, 0.5) is 4.39 Å². The fraction of sp³-hybridized carbons (Fsp3) is 0.167. The predicted octanol–water partition coefficient (Wildman–Crippen LogP) is 1.39. The van der Waals surface area contributed by atoms with Crippen LogP contribution in [0.2, 0.25) is 0 Å². The third-order valence-corrected chi connectivity index (χ3v) is 4.02. The highest BCUT2D eigenvalue weighted by molar-refractivity contribution is 7.89. The van der Waals surface area contributed by atoms with Crippen LogP contribution in [0.15, 0.2) is 46.1 Å². The summed E-state index contributed by atoms with van der Waals surface area (Å²) in [5, 5.41) is 9.10. The van der Waals surface area contributed by atoms with E-state index in [-0.39, 0.29) is 17.0 Å². The third kappa shape index (κ3) is 3.19. The van der Waals surface area contributed by atoms with Crippen LogP contribution in [-0.4, -0.2) is 13.5 Å². The van der Waals surface area contributed by atoms with Crippen LogP contribution in [0.3, 0.4) is 0 Å². The minimum Gasteiger partial charge on any atom is -0.472 e. The maximum absolute atomic E-state index is 13.1. The monoisotopic (exact) mass is 285 g/mol. The summed E-state index contributed by atoms with van der Waals surface area (Å²) >= 11 is 0. The zero-order valence-corrected chi connectivity index (χ0v) is 10.7. The molecule has 2 N–H and O–H groups in total. The van der Waals surface area contributed by atoms with E-state index in [1.807, 2.05) is 0 Å². The molecule has 0 saturated carbocycles. The van der Waals surface area contributed by atoms with Crippen LogP contribution >= 0.6 is 0 Å². The van der Waals surface area contributed by atoms with Gasteiger partial charge in [0.05, 0.1) is 24.0 Å². The number of sulfonamides is 1. The molecule has 2 rings (SSSR count). The molecule has 0 unspecified atom stereocenters. The molecule has 0 aliphatic carbocycles. The van der Waals surface area contributed by atoms with E-state index >= 15 is 0 Å². The second kappa shape index (κ2) is 5.52. The second-order valence-corrected chi connectivity index (χ2v) is 5.60. The maximum atomic E-state index is 13.1. The molecule has 5 nitrogen and oxygen atoms in total. The van der Waals surface area contributed by atoms with Crippen LogP contribution < -0.4 is 4.72 Å². The van der Waals surface area contributed by atoms with Crippen molar-refractivity contribution in [3.63, 3.8) is 0 Å². The van der Waals surface area contributed by atoms with Crippen molar-refractivity contribution in [2.75, 3.05) is 0 Å². The summed E-state index contributed by atoms with van der Waals surface area (Å²) < 4.78 is 44.3. The number of nitrogens with one attached hydrogen (secondary N) is 1. The number of furan rings is 1. The molecule has 0 radical (unpaired) electrons. The zero-order chi connectivity index (χ0) is 13.9. The van der Waals surface area contributed by atoms with Crippen molar-refractivity contribution in [1.82, 2.24) is 4.72 Å². The van der Waals surface area contributed by atoms with Crippen molar-refractivity contribution in [2.24, 2.45) is 0 Å². The van der Waals surface area contributed by atoms with Gasteiger partial charge in [0.15, 0.2) is 0 Å². The minimum absolute atomic E-state index is 0.0280. The van der Waals surface area contributed by atoms with Gasteiger partial charge in [-0.3, -0.25) is 0 Å². The number of hydrogen-bond acceptors (Lipinski definition) is 4. The smallest absolute Gasteiger partial charge is 0.241 e. The largest absolute Gasteiger partial charge is 0.472 e. The molecule has 0 aliphatic heterocycles. The highest BCUT2D eigenvalue weighted by Crippen LogP contribution is 2.17. The van der Waals surface area contributed by atoms with Crippen LogP contribution in [-0.2, 0) is 23.2 Å². The van der Waals surface area contributed by atoms with Crippen molar-refractivity contribution >= 4 is 10.0 Å². The molecule has 1 aromatic carbocycles. The van der Waals surface area contributed by atoms with Gasteiger partial charge in [-0.25, -0.2) is 17.5 Å². The predicted molar refractivity (Wildman–Crippen MR) is 65.1 cm³/mol. The second-order valence-electron chi connectivity index (χ2n) is 3.87. The lowest BCUT2D eigenvalue weighted by Gasteiger charge is -2.09. The quantitative estimate of drug-likeness (QED) is 0.870. The van der Waals surface area contributed by atoms with Gasteiger partial charge in [0.2, 0.25) is 10.0 Å². The average Bonchev–Trinajstić information content (AvgIpc) is 2.89. The maximum Gasteiger partial charge on any atom is 0.241 e. The molecular formula is C12H12FNO4S. The molecule has 0 spiro atoms. The van der Waals surface area contributed by atoms with Gasteiger partial charge in [0.25, 0.3) is 0 Å². The minimum atomic E-state index is -3.89. The molecule has 0 atom stereocenters. The number of benzene rings is 1. The van der Waals surface area contributed by atoms with E-state index in [2.05, 4.69) is 4.72 Å². The first-order valence-electron chi connectivity index (χ1n) is 5.43. The summed E-state index contributed by atoms with van der Waals surface area (Å²) in [4.78, 5) is -0.265. The molecule has 1 heterocycles. The average molecular weight is 285 g/mol. The summed E-state index contributed by atoms with van der Waals surface area (Å²) in [7, 11) is -3.89. The van der Waals surface area contributed by atoms with E-state index in [1.54, 1.807) is 6.07 Å². The van der Waals surface area contributed by atoms with Crippen LogP contribution in [0, 0.1) is 5.82 Å². The molecule has 1 aromatic heterocycles. The SMILES string of the molecule is O=S(=O)(NCc1ccoc1)c1cc(F)ccc1CO. The van der Waals surface area contributed by atoms with E-state index in [1.165, 1.54) is 18.6 Å². The van der Waals surface area contributed by atoms with Gasteiger partial charge in [-0.2, -0.15) is 0 Å². The summed E-state index contributed by atoms with van der Waals surface area (Å²) in [5.74, 6) is -0.680. The van der Waals surface area contributed by atoms with Crippen molar-refractivity contribution < 1.29 is 22.3 Å².